The van der Waals surface area contributed by atoms with Crippen molar-refractivity contribution in [3.8, 4) is 0 Å². The number of rotatable bonds is 13. The molecule has 0 bridgehead atoms. The molecule has 0 spiro atoms. The second-order valence-corrected chi connectivity index (χ2v) is 6.71. The number of anilines is 1. The lowest BCUT2D eigenvalue weighted by Crippen LogP contribution is -2.34. The molecule has 0 aliphatic rings. The summed E-state index contributed by atoms with van der Waals surface area (Å²) in [6.45, 7) is 10.1. The van der Waals surface area contributed by atoms with E-state index in [1.54, 1.807) is 24.3 Å². The quantitative estimate of drug-likeness (QED) is 0.226. The van der Waals surface area contributed by atoms with Gasteiger partial charge in [-0.3, -0.25) is 9.83 Å². The van der Waals surface area contributed by atoms with Crippen LogP contribution in [0.5, 0.6) is 0 Å². The molecular formula is C19H31N3O6. The Labute approximate surface area is 166 Å². The van der Waals surface area contributed by atoms with E-state index < -0.39 is 6.16 Å². The minimum absolute atomic E-state index is 0.00988. The summed E-state index contributed by atoms with van der Waals surface area (Å²) in [5.41, 5.74) is 0.493. The first-order chi connectivity index (χ1) is 13.3. The van der Waals surface area contributed by atoms with Crippen molar-refractivity contribution in [1.29, 1.82) is 0 Å². The van der Waals surface area contributed by atoms with Gasteiger partial charge in [-0.2, -0.15) is 0 Å². The van der Waals surface area contributed by atoms with Crippen LogP contribution in [0, 0.1) is 0 Å². The van der Waals surface area contributed by atoms with Gasteiger partial charge in [-0.25, -0.2) is 10.6 Å². The van der Waals surface area contributed by atoms with Crippen LogP contribution >= 0.6 is 0 Å². The lowest BCUT2D eigenvalue weighted by Gasteiger charge is -2.25. The van der Waals surface area contributed by atoms with Crippen molar-refractivity contribution in [3.63, 3.8) is 0 Å². The second-order valence-electron chi connectivity index (χ2n) is 6.71. The van der Waals surface area contributed by atoms with Gasteiger partial charge >= 0.3 is 6.16 Å². The summed E-state index contributed by atoms with van der Waals surface area (Å²) >= 11 is 0. The molecule has 0 aliphatic heterocycles. The van der Waals surface area contributed by atoms with Crippen LogP contribution in [0.3, 0.4) is 0 Å². The predicted molar refractivity (Wildman–Crippen MR) is 107 cm³/mol. The lowest BCUT2D eigenvalue weighted by molar-refractivity contribution is -0.0611. The zero-order valence-electron chi connectivity index (χ0n) is 16.8. The van der Waals surface area contributed by atoms with E-state index in [4.69, 9.17) is 30.0 Å². The van der Waals surface area contributed by atoms with Crippen LogP contribution in [-0.4, -0.2) is 56.1 Å². The van der Waals surface area contributed by atoms with Gasteiger partial charge in [-0.05, 0) is 46.0 Å². The number of hydrogen-bond acceptors (Lipinski definition) is 9. The van der Waals surface area contributed by atoms with Gasteiger partial charge < -0.3 is 19.3 Å². The fraction of sp³-hybridized carbons (Fsp3) is 0.579. The fourth-order valence-corrected chi connectivity index (χ4v) is 2.23. The van der Waals surface area contributed by atoms with Crippen molar-refractivity contribution in [2.24, 2.45) is 10.8 Å². The van der Waals surface area contributed by atoms with Crippen molar-refractivity contribution in [2.75, 3.05) is 31.6 Å². The molecule has 3 N–H and O–H groups in total. The van der Waals surface area contributed by atoms with E-state index in [0.717, 1.165) is 5.17 Å². The Hall–Kier alpha value is -2.20. The van der Waals surface area contributed by atoms with E-state index in [9.17, 15) is 4.79 Å². The second kappa shape index (κ2) is 12.3. The number of hydrazine groups is 1. The van der Waals surface area contributed by atoms with Crippen molar-refractivity contribution in [2.45, 2.75) is 45.3 Å². The number of carbonyl (C=O) groups is 1. The average Bonchev–Trinajstić information content (AvgIpc) is 2.66. The molecule has 0 aromatic heterocycles. The summed E-state index contributed by atoms with van der Waals surface area (Å²) in [5.74, 6) is 5.72. The third kappa shape index (κ3) is 9.14. The minimum atomic E-state index is -0.924. The first-order valence-corrected chi connectivity index (χ1v) is 9.11. The van der Waals surface area contributed by atoms with E-state index in [-0.39, 0.29) is 24.9 Å². The predicted octanol–water partition coefficient (Wildman–Crippen LogP) is 2.74. The fourth-order valence-electron chi connectivity index (χ4n) is 2.23. The summed E-state index contributed by atoms with van der Waals surface area (Å²) in [5, 5.41) is 9.60. The van der Waals surface area contributed by atoms with Gasteiger partial charge in [-0.1, -0.05) is 12.1 Å². The molecule has 0 aliphatic carbocycles. The number of aliphatic hydroxyl groups excluding tert-OH is 1. The maximum Gasteiger partial charge on any atom is 0.534 e. The lowest BCUT2D eigenvalue weighted by atomic mass is 10.1. The van der Waals surface area contributed by atoms with E-state index in [2.05, 4.69) is 11.7 Å². The molecule has 0 fully saturated rings. The number of aliphatic imine (C=N–C) groups is 1. The van der Waals surface area contributed by atoms with Gasteiger partial charge in [0.15, 0.2) is 0 Å². The summed E-state index contributed by atoms with van der Waals surface area (Å²) in [4.78, 5) is 20.5. The maximum atomic E-state index is 11.8. The Morgan fingerprint density at radius 1 is 1.32 bits per heavy atom. The standard InChI is InChI=1S/C19H31N3O6/c1-15(25-13-10-19(2,3)27-14-11-23)9-12-26-18(24)28-22(20)17-8-6-5-7-16(17)21-4/h5-8,15,23H,4,9-14,20H2,1-3H3. The molecule has 9 nitrogen and oxygen atoms in total. The molecule has 158 valence electrons. The number of carbonyl (C=O) groups excluding carboxylic acids is 1. The largest absolute Gasteiger partial charge is 0.534 e. The Balaban J connectivity index is 2.25. The molecule has 1 aromatic carbocycles. The molecule has 0 saturated carbocycles. The van der Waals surface area contributed by atoms with Crippen LogP contribution in [0.15, 0.2) is 29.3 Å². The molecular weight excluding hydrogens is 366 g/mol. The number of hydrogen-bond donors (Lipinski definition) is 2. The number of benzene rings is 1. The van der Waals surface area contributed by atoms with Crippen LogP contribution in [0.25, 0.3) is 0 Å². The highest BCUT2D eigenvalue weighted by atomic mass is 16.8. The Bertz CT molecular complexity index is 611. The zero-order chi connectivity index (χ0) is 21.0. The summed E-state index contributed by atoms with van der Waals surface area (Å²) in [7, 11) is 0. The minimum Gasteiger partial charge on any atom is -0.433 e. The smallest absolute Gasteiger partial charge is 0.433 e. The van der Waals surface area contributed by atoms with Crippen molar-refractivity contribution in [1.82, 2.24) is 0 Å². The van der Waals surface area contributed by atoms with E-state index in [1.165, 1.54) is 0 Å². The summed E-state index contributed by atoms with van der Waals surface area (Å²) in [6, 6.07) is 6.82. The topological polar surface area (TPSA) is 116 Å². The van der Waals surface area contributed by atoms with Crippen LogP contribution in [0.2, 0.25) is 0 Å². The zero-order valence-corrected chi connectivity index (χ0v) is 16.8. The Morgan fingerprint density at radius 2 is 2.04 bits per heavy atom. The van der Waals surface area contributed by atoms with Gasteiger partial charge in [0.25, 0.3) is 0 Å². The maximum absolute atomic E-state index is 11.8. The molecule has 28 heavy (non-hydrogen) atoms. The molecule has 1 rings (SSSR count). The first-order valence-electron chi connectivity index (χ1n) is 9.11. The third-order valence-corrected chi connectivity index (χ3v) is 3.90. The monoisotopic (exact) mass is 397 g/mol. The van der Waals surface area contributed by atoms with Crippen LogP contribution < -0.4 is 11.0 Å². The molecule has 9 heteroatoms. The molecule has 0 saturated heterocycles. The molecule has 0 amide bonds. The van der Waals surface area contributed by atoms with Gasteiger partial charge in [0, 0.05) is 13.0 Å². The van der Waals surface area contributed by atoms with E-state index >= 15 is 0 Å². The molecule has 0 radical (unpaired) electrons. The average molecular weight is 397 g/mol. The van der Waals surface area contributed by atoms with Crippen LogP contribution in [0.1, 0.15) is 33.6 Å². The van der Waals surface area contributed by atoms with Gasteiger partial charge in [0.1, 0.15) is 5.69 Å². The Kier molecular flexibility index (Phi) is 10.5. The number of aliphatic hydroxyl groups is 1. The normalized spacial score (nSPS) is 12.3. The third-order valence-electron chi connectivity index (χ3n) is 3.90. The van der Waals surface area contributed by atoms with Crippen molar-refractivity contribution in [3.05, 3.63) is 24.3 Å². The van der Waals surface area contributed by atoms with Gasteiger partial charge in [-0.15, -0.1) is 5.17 Å². The van der Waals surface area contributed by atoms with Crippen molar-refractivity contribution >= 4 is 24.2 Å². The number of nitrogens with two attached hydrogens (primary N) is 1. The summed E-state index contributed by atoms with van der Waals surface area (Å²) in [6.07, 6.45) is 0.148. The SMILES string of the molecule is C=Nc1ccccc1N(N)OC(=O)OCCC(C)OCCC(C)(C)OCCO. The molecule has 0 heterocycles. The van der Waals surface area contributed by atoms with Gasteiger partial charge in [0.2, 0.25) is 0 Å². The molecule has 1 aromatic rings. The van der Waals surface area contributed by atoms with E-state index in [1.807, 2.05) is 20.8 Å². The number of ether oxygens (including phenoxy) is 3. The van der Waals surface area contributed by atoms with Crippen LogP contribution in [0.4, 0.5) is 16.2 Å². The first kappa shape index (κ1) is 23.8. The van der Waals surface area contributed by atoms with Gasteiger partial charge in [0.05, 0.1) is 37.2 Å². The molecule has 1 atom stereocenters. The summed E-state index contributed by atoms with van der Waals surface area (Å²) < 4.78 is 16.2. The number of para-hydroxylation sites is 2. The van der Waals surface area contributed by atoms with E-state index in [0.29, 0.717) is 37.4 Å². The van der Waals surface area contributed by atoms with Crippen molar-refractivity contribution < 1.29 is 28.9 Å². The highest BCUT2D eigenvalue weighted by Gasteiger charge is 2.19. The highest BCUT2D eigenvalue weighted by Crippen LogP contribution is 2.26. The van der Waals surface area contributed by atoms with Crippen LogP contribution in [-0.2, 0) is 19.0 Å². The Morgan fingerprint density at radius 3 is 2.71 bits per heavy atom. The highest BCUT2D eigenvalue weighted by molar-refractivity contribution is 5.69. The number of nitrogens with zero attached hydrogens (tertiary/aromatic N) is 2. The molecule has 1 unspecified atom stereocenters.